The Morgan fingerprint density at radius 3 is 2.37 bits per heavy atom. The minimum atomic E-state index is -0.170. The maximum Gasteiger partial charge on any atom is 0.247 e. The fourth-order valence-corrected chi connectivity index (χ4v) is 2.22. The molecule has 0 unspecified atom stereocenters. The van der Waals surface area contributed by atoms with Crippen molar-refractivity contribution < 1.29 is 4.79 Å². The Morgan fingerprint density at radius 2 is 1.89 bits per heavy atom. The maximum atomic E-state index is 11.3. The number of nitrogens with zero attached hydrogens (tertiary/aromatic N) is 1. The molecule has 2 rings (SSSR count). The molecule has 0 atom stereocenters. The van der Waals surface area contributed by atoms with Crippen LogP contribution >= 0.6 is 0 Å². The molecule has 0 bridgehead atoms. The Bertz CT molecular complexity index is 473. The summed E-state index contributed by atoms with van der Waals surface area (Å²) in [4.78, 5) is 15.3. The van der Waals surface area contributed by atoms with Crippen molar-refractivity contribution in [1.29, 1.82) is 0 Å². The summed E-state index contributed by atoms with van der Waals surface area (Å²) in [6.45, 7) is 7.87. The molecule has 0 saturated heterocycles. The molecule has 0 heterocycles. The van der Waals surface area contributed by atoms with Gasteiger partial charge < -0.3 is 5.73 Å². The van der Waals surface area contributed by atoms with Gasteiger partial charge in [0.2, 0.25) is 5.91 Å². The van der Waals surface area contributed by atoms with E-state index in [1.807, 2.05) is 26.0 Å². The average Bonchev–Trinajstić information content (AvgIpc) is 3.23. The molecule has 1 aliphatic carbocycles. The van der Waals surface area contributed by atoms with Gasteiger partial charge in [0.05, 0.1) is 5.41 Å². The van der Waals surface area contributed by atoms with Gasteiger partial charge in [-0.05, 0) is 30.9 Å². The summed E-state index contributed by atoms with van der Waals surface area (Å²) >= 11 is 0. The maximum absolute atomic E-state index is 11.3. The third-order valence-electron chi connectivity index (χ3n) is 3.45. The second-order valence-electron chi connectivity index (χ2n) is 4.64. The molecule has 3 nitrogen and oxygen atoms in total. The van der Waals surface area contributed by atoms with Gasteiger partial charge in [0.25, 0.3) is 0 Å². The minimum absolute atomic E-state index is 0.137. The molecule has 104 valence electrons. The van der Waals surface area contributed by atoms with Crippen LogP contribution in [0.3, 0.4) is 0 Å². The van der Waals surface area contributed by atoms with E-state index < -0.39 is 0 Å². The molecular weight excluding hydrogens is 236 g/mol. The van der Waals surface area contributed by atoms with E-state index in [0.717, 1.165) is 12.8 Å². The molecule has 19 heavy (non-hydrogen) atoms. The highest BCUT2D eigenvalue weighted by Gasteiger charge is 2.49. The van der Waals surface area contributed by atoms with Crippen LogP contribution in [-0.2, 0) is 10.2 Å². The summed E-state index contributed by atoms with van der Waals surface area (Å²) in [6.07, 6.45) is 2.39. The fraction of sp³-hybridized carbons (Fsp3) is 0.500. The predicted octanol–water partition coefficient (Wildman–Crippen LogP) is 3.35. The van der Waals surface area contributed by atoms with E-state index in [1.165, 1.54) is 11.1 Å². The van der Waals surface area contributed by atoms with Crippen molar-refractivity contribution in [1.82, 2.24) is 0 Å². The molecule has 1 saturated carbocycles. The predicted molar refractivity (Wildman–Crippen MR) is 80.4 cm³/mol. The van der Waals surface area contributed by atoms with E-state index in [2.05, 4.69) is 24.0 Å². The second-order valence-corrected chi connectivity index (χ2v) is 4.64. The summed E-state index contributed by atoms with van der Waals surface area (Å²) < 4.78 is 0. The van der Waals surface area contributed by atoms with Crippen LogP contribution in [0.2, 0.25) is 0 Å². The quantitative estimate of drug-likeness (QED) is 0.669. The molecule has 3 heteroatoms. The zero-order valence-corrected chi connectivity index (χ0v) is 12.4. The van der Waals surface area contributed by atoms with Crippen LogP contribution < -0.4 is 5.73 Å². The molecule has 0 aliphatic heterocycles. The number of hydrogen-bond donors (Lipinski definition) is 1. The number of carbonyl (C=O) groups excluding carboxylic acids is 1. The Morgan fingerprint density at radius 1 is 1.32 bits per heavy atom. The van der Waals surface area contributed by atoms with E-state index in [-0.39, 0.29) is 11.3 Å². The van der Waals surface area contributed by atoms with Gasteiger partial charge >= 0.3 is 0 Å². The minimum Gasteiger partial charge on any atom is -0.386 e. The van der Waals surface area contributed by atoms with Crippen molar-refractivity contribution >= 4 is 11.7 Å². The number of amides is 1. The number of aryl methyl sites for hydroxylation is 1. The number of aliphatic imine (C=N–C) groups is 1. The number of hydrogen-bond acceptors (Lipinski definition) is 1. The monoisotopic (exact) mass is 260 g/mol. The lowest BCUT2D eigenvalue weighted by molar-refractivity contribution is -0.117. The Labute approximate surface area is 115 Å². The summed E-state index contributed by atoms with van der Waals surface area (Å²) in [5, 5.41) is 0. The number of carbonyl (C=O) groups is 1. The molecule has 1 amide bonds. The summed E-state index contributed by atoms with van der Waals surface area (Å²) in [5.41, 5.74) is 8.28. The summed E-state index contributed by atoms with van der Waals surface area (Å²) in [6, 6.07) is 8.18. The lowest BCUT2D eigenvalue weighted by Crippen LogP contribution is -2.30. The number of nitrogens with two attached hydrogens (primary N) is 1. The summed E-state index contributed by atoms with van der Waals surface area (Å²) in [7, 11) is 0. The molecule has 0 aromatic heterocycles. The van der Waals surface area contributed by atoms with Gasteiger partial charge in [0.1, 0.15) is 5.84 Å². The first-order chi connectivity index (χ1) is 9.10. The Balaban J connectivity index is 0.000000861. The third-order valence-corrected chi connectivity index (χ3v) is 3.45. The average molecular weight is 260 g/mol. The molecule has 2 N–H and O–H groups in total. The molecule has 0 spiro atoms. The van der Waals surface area contributed by atoms with Crippen LogP contribution in [0.15, 0.2) is 29.3 Å². The van der Waals surface area contributed by atoms with Crippen LogP contribution in [0, 0.1) is 6.92 Å². The number of rotatable bonds is 3. The van der Waals surface area contributed by atoms with Crippen molar-refractivity contribution in [3.63, 3.8) is 0 Å². The molecule has 1 fully saturated rings. The zero-order chi connectivity index (χ0) is 14.5. The van der Waals surface area contributed by atoms with Crippen molar-refractivity contribution in [2.75, 3.05) is 0 Å². The summed E-state index contributed by atoms with van der Waals surface area (Å²) in [5.74, 6) is 0.348. The molecule has 1 aromatic rings. The van der Waals surface area contributed by atoms with Crippen LogP contribution in [0.25, 0.3) is 0 Å². The molecule has 1 aromatic carbocycles. The van der Waals surface area contributed by atoms with Gasteiger partial charge in [0.15, 0.2) is 0 Å². The SMILES string of the molecule is CC.CCC(=O)N=C(N)C1(c2ccccc2C)CC1. The van der Waals surface area contributed by atoms with Crippen LogP contribution in [0.1, 0.15) is 51.2 Å². The highest BCUT2D eigenvalue weighted by atomic mass is 16.1. The van der Waals surface area contributed by atoms with Crippen molar-refractivity contribution in [3.8, 4) is 0 Å². The van der Waals surface area contributed by atoms with E-state index in [4.69, 9.17) is 5.73 Å². The second kappa shape index (κ2) is 6.50. The smallest absolute Gasteiger partial charge is 0.247 e. The standard InChI is InChI=1S/C14H18N2O.C2H6/c1-3-12(17)16-13(15)14(8-9-14)11-7-5-4-6-10(11)2;1-2/h4-7H,3,8-9H2,1-2H3,(H2,15,16,17);1-2H3. The lowest BCUT2D eigenvalue weighted by atomic mass is 9.91. The van der Waals surface area contributed by atoms with Crippen LogP contribution in [-0.4, -0.2) is 11.7 Å². The largest absolute Gasteiger partial charge is 0.386 e. The first-order valence-electron chi connectivity index (χ1n) is 7.04. The van der Waals surface area contributed by atoms with Gasteiger partial charge in [0, 0.05) is 6.42 Å². The van der Waals surface area contributed by atoms with Crippen LogP contribution in [0.5, 0.6) is 0 Å². The Kier molecular flexibility index (Phi) is 5.28. The van der Waals surface area contributed by atoms with E-state index in [9.17, 15) is 4.79 Å². The van der Waals surface area contributed by atoms with E-state index in [0.29, 0.717) is 12.3 Å². The number of amidine groups is 1. The third kappa shape index (κ3) is 3.22. The van der Waals surface area contributed by atoms with Gasteiger partial charge in [-0.3, -0.25) is 4.79 Å². The van der Waals surface area contributed by atoms with E-state index >= 15 is 0 Å². The molecule has 0 radical (unpaired) electrons. The molecular formula is C16H24N2O. The highest BCUT2D eigenvalue weighted by molar-refractivity contribution is 6.01. The lowest BCUT2D eigenvalue weighted by Gasteiger charge is -2.17. The first kappa shape index (κ1) is 15.4. The molecule has 1 aliphatic rings. The van der Waals surface area contributed by atoms with Gasteiger partial charge in [-0.1, -0.05) is 45.0 Å². The topological polar surface area (TPSA) is 55.5 Å². The van der Waals surface area contributed by atoms with Gasteiger partial charge in [-0.2, -0.15) is 4.99 Å². The highest BCUT2D eigenvalue weighted by Crippen LogP contribution is 2.49. The van der Waals surface area contributed by atoms with Gasteiger partial charge in [-0.15, -0.1) is 0 Å². The van der Waals surface area contributed by atoms with Crippen molar-refractivity contribution in [3.05, 3.63) is 35.4 Å². The number of benzene rings is 1. The van der Waals surface area contributed by atoms with Crippen molar-refractivity contribution in [2.24, 2.45) is 10.7 Å². The van der Waals surface area contributed by atoms with Crippen molar-refractivity contribution in [2.45, 2.75) is 52.4 Å². The first-order valence-corrected chi connectivity index (χ1v) is 7.04. The zero-order valence-electron chi connectivity index (χ0n) is 12.4. The van der Waals surface area contributed by atoms with Crippen LogP contribution in [0.4, 0.5) is 0 Å². The van der Waals surface area contributed by atoms with E-state index in [1.54, 1.807) is 6.92 Å². The Hall–Kier alpha value is -1.64. The fourth-order valence-electron chi connectivity index (χ4n) is 2.22. The van der Waals surface area contributed by atoms with Gasteiger partial charge in [-0.25, -0.2) is 0 Å². The normalized spacial score (nSPS) is 16.3.